The first-order valence-corrected chi connectivity index (χ1v) is 9.07. The molecule has 0 fully saturated rings. The molecule has 6 nitrogen and oxygen atoms in total. The maximum Gasteiger partial charge on any atom is 0.244 e. The minimum Gasteiger partial charge on any atom is -0.337 e. The van der Waals surface area contributed by atoms with Gasteiger partial charge in [-0.15, -0.1) is 11.3 Å². The number of nitrogens with zero attached hydrogens (tertiary/aromatic N) is 5. The van der Waals surface area contributed by atoms with E-state index in [1.807, 2.05) is 23.7 Å². The predicted molar refractivity (Wildman–Crippen MR) is 91.6 cm³/mol. The van der Waals surface area contributed by atoms with Crippen molar-refractivity contribution in [2.24, 2.45) is 0 Å². The first kappa shape index (κ1) is 15.4. The van der Waals surface area contributed by atoms with E-state index in [4.69, 9.17) is 4.52 Å². The Hall–Kier alpha value is -2.12. The van der Waals surface area contributed by atoms with E-state index in [0.717, 1.165) is 42.3 Å². The molecule has 0 radical (unpaired) electrons. The third kappa shape index (κ3) is 2.85. The molecule has 0 spiro atoms. The average Bonchev–Trinajstić information content (AvgIpc) is 3.31. The Morgan fingerprint density at radius 2 is 2.29 bits per heavy atom. The zero-order chi connectivity index (χ0) is 16.5. The molecule has 4 rings (SSSR count). The van der Waals surface area contributed by atoms with Gasteiger partial charge in [-0.3, -0.25) is 4.90 Å². The molecule has 1 atom stereocenters. The quantitative estimate of drug-likeness (QED) is 0.725. The van der Waals surface area contributed by atoms with Gasteiger partial charge in [-0.25, -0.2) is 9.97 Å². The van der Waals surface area contributed by atoms with Crippen molar-refractivity contribution in [1.82, 2.24) is 25.0 Å². The monoisotopic (exact) mass is 341 g/mol. The topological polar surface area (TPSA) is 67.9 Å². The summed E-state index contributed by atoms with van der Waals surface area (Å²) in [6.45, 7) is 5.93. The van der Waals surface area contributed by atoms with Crippen molar-refractivity contribution in [2.45, 2.75) is 39.3 Å². The molecule has 124 valence electrons. The second-order valence-electron chi connectivity index (χ2n) is 5.94. The Labute approximate surface area is 144 Å². The van der Waals surface area contributed by atoms with Crippen molar-refractivity contribution in [3.63, 3.8) is 0 Å². The molecule has 0 bridgehead atoms. The Bertz CT molecular complexity index is 829. The van der Waals surface area contributed by atoms with Crippen molar-refractivity contribution in [1.29, 1.82) is 0 Å². The number of hydrogen-bond acceptors (Lipinski definition) is 7. The van der Waals surface area contributed by atoms with Crippen LogP contribution < -0.4 is 0 Å². The highest BCUT2D eigenvalue weighted by Gasteiger charge is 2.27. The zero-order valence-electron chi connectivity index (χ0n) is 13.8. The smallest absolute Gasteiger partial charge is 0.244 e. The molecule has 0 N–H and O–H groups in total. The molecule has 0 saturated heterocycles. The molecule has 1 aliphatic rings. The van der Waals surface area contributed by atoms with Crippen LogP contribution in [0.1, 0.15) is 42.9 Å². The van der Waals surface area contributed by atoms with Crippen LogP contribution in [0.5, 0.6) is 0 Å². The van der Waals surface area contributed by atoms with Gasteiger partial charge < -0.3 is 4.52 Å². The minimum absolute atomic E-state index is 0.0689. The summed E-state index contributed by atoms with van der Waals surface area (Å²) in [6, 6.07) is 4.07. The normalized spacial score (nSPS) is 16.1. The summed E-state index contributed by atoms with van der Waals surface area (Å²) in [6.07, 6.45) is 3.79. The van der Waals surface area contributed by atoms with E-state index in [9.17, 15) is 0 Å². The average molecular weight is 341 g/mol. The van der Waals surface area contributed by atoms with Crippen molar-refractivity contribution < 1.29 is 4.52 Å². The van der Waals surface area contributed by atoms with E-state index in [1.165, 1.54) is 5.56 Å². The molecule has 24 heavy (non-hydrogen) atoms. The van der Waals surface area contributed by atoms with Crippen LogP contribution in [0.3, 0.4) is 0 Å². The lowest BCUT2D eigenvalue weighted by Crippen LogP contribution is -2.34. The van der Waals surface area contributed by atoms with Crippen molar-refractivity contribution in [3.05, 3.63) is 46.7 Å². The summed E-state index contributed by atoms with van der Waals surface area (Å²) < 4.78 is 5.51. The van der Waals surface area contributed by atoms with Crippen LogP contribution in [0, 0.1) is 0 Å². The third-order valence-electron chi connectivity index (χ3n) is 4.43. The maximum absolute atomic E-state index is 5.51. The molecule has 7 heteroatoms. The minimum atomic E-state index is 0.0689. The Morgan fingerprint density at radius 1 is 1.38 bits per heavy atom. The van der Waals surface area contributed by atoms with E-state index >= 15 is 0 Å². The van der Waals surface area contributed by atoms with Gasteiger partial charge in [0.1, 0.15) is 5.82 Å². The van der Waals surface area contributed by atoms with E-state index in [1.54, 1.807) is 11.3 Å². The SMILES string of the molecule is CCc1ncc2c(n1)CN([C@H](C)c1nc(-c3cccs3)no1)CC2. The summed E-state index contributed by atoms with van der Waals surface area (Å²) >= 11 is 1.62. The fraction of sp³-hybridized carbons (Fsp3) is 0.412. The molecular weight excluding hydrogens is 322 g/mol. The molecule has 3 aromatic heterocycles. The lowest BCUT2D eigenvalue weighted by atomic mass is 10.1. The molecule has 0 aliphatic carbocycles. The summed E-state index contributed by atoms with van der Waals surface area (Å²) in [7, 11) is 0. The first-order chi connectivity index (χ1) is 11.7. The molecule has 0 aromatic carbocycles. The summed E-state index contributed by atoms with van der Waals surface area (Å²) in [5, 5.41) is 6.13. The van der Waals surface area contributed by atoms with Crippen molar-refractivity contribution in [2.75, 3.05) is 6.54 Å². The molecule has 1 aliphatic heterocycles. The van der Waals surface area contributed by atoms with Gasteiger partial charge in [-0.2, -0.15) is 4.98 Å². The highest BCUT2D eigenvalue weighted by molar-refractivity contribution is 7.13. The lowest BCUT2D eigenvalue weighted by Gasteiger charge is -2.31. The van der Waals surface area contributed by atoms with Gasteiger partial charge in [0.25, 0.3) is 0 Å². The predicted octanol–water partition coefficient (Wildman–Crippen LogP) is 3.27. The van der Waals surface area contributed by atoms with Gasteiger partial charge in [0.05, 0.1) is 16.6 Å². The number of aromatic nitrogens is 4. The number of thiophene rings is 1. The van der Waals surface area contributed by atoms with Gasteiger partial charge in [-0.1, -0.05) is 18.1 Å². The fourth-order valence-electron chi connectivity index (χ4n) is 2.93. The molecular formula is C17H19N5OS. The van der Waals surface area contributed by atoms with Crippen LogP contribution in [-0.4, -0.2) is 31.6 Å². The van der Waals surface area contributed by atoms with Crippen LogP contribution in [0.25, 0.3) is 10.7 Å². The number of fused-ring (bicyclic) bond motifs is 1. The van der Waals surface area contributed by atoms with Crippen LogP contribution in [0.4, 0.5) is 0 Å². The van der Waals surface area contributed by atoms with Gasteiger partial charge in [0.2, 0.25) is 11.7 Å². The zero-order valence-corrected chi connectivity index (χ0v) is 14.6. The van der Waals surface area contributed by atoms with E-state index in [-0.39, 0.29) is 6.04 Å². The third-order valence-corrected chi connectivity index (χ3v) is 5.30. The lowest BCUT2D eigenvalue weighted by molar-refractivity contribution is 0.155. The van der Waals surface area contributed by atoms with Crippen LogP contribution >= 0.6 is 11.3 Å². The number of aryl methyl sites for hydroxylation is 1. The van der Waals surface area contributed by atoms with Gasteiger partial charge in [0.15, 0.2) is 0 Å². The summed E-state index contributed by atoms with van der Waals surface area (Å²) in [4.78, 5) is 17.0. The summed E-state index contributed by atoms with van der Waals surface area (Å²) in [5.41, 5.74) is 2.37. The van der Waals surface area contributed by atoms with E-state index in [0.29, 0.717) is 11.7 Å². The molecule has 3 aromatic rings. The van der Waals surface area contributed by atoms with Crippen LogP contribution in [0.2, 0.25) is 0 Å². The van der Waals surface area contributed by atoms with Crippen LogP contribution in [0.15, 0.2) is 28.2 Å². The largest absolute Gasteiger partial charge is 0.337 e. The van der Waals surface area contributed by atoms with E-state index < -0.39 is 0 Å². The van der Waals surface area contributed by atoms with E-state index in [2.05, 4.69) is 38.9 Å². The number of rotatable bonds is 4. The Morgan fingerprint density at radius 3 is 3.08 bits per heavy atom. The summed E-state index contributed by atoms with van der Waals surface area (Å²) in [5.74, 6) is 2.23. The van der Waals surface area contributed by atoms with Crippen LogP contribution in [-0.2, 0) is 19.4 Å². The second-order valence-corrected chi connectivity index (χ2v) is 6.89. The first-order valence-electron chi connectivity index (χ1n) is 8.19. The van der Waals surface area contributed by atoms with Gasteiger partial charge in [0, 0.05) is 25.7 Å². The molecule has 0 saturated carbocycles. The molecule has 0 unspecified atom stereocenters. The highest BCUT2D eigenvalue weighted by Crippen LogP contribution is 2.28. The Balaban J connectivity index is 1.54. The van der Waals surface area contributed by atoms with Crippen molar-refractivity contribution >= 4 is 11.3 Å². The maximum atomic E-state index is 5.51. The number of hydrogen-bond donors (Lipinski definition) is 0. The van der Waals surface area contributed by atoms with Gasteiger partial charge >= 0.3 is 0 Å². The molecule has 0 amide bonds. The fourth-order valence-corrected chi connectivity index (χ4v) is 3.58. The standard InChI is InChI=1S/C17H19N5OS/c1-3-15-18-9-12-6-7-22(10-13(12)19-15)11(2)17-20-16(21-23-17)14-5-4-8-24-14/h4-5,8-9,11H,3,6-7,10H2,1-2H3/t11-/m1/s1. The Kier molecular flexibility index (Phi) is 4.12. The molecule has 4 heterocycles. The van der Waals surface area contributed by atoms with Gasteiger partial charge in [-0.05, 0) is 30.4 Å². The highest BCUT2D eigenvalue weighted by atomic mass is 32.1. The second kappa shape index (κ2) is 6.41. The van der Waals surface area contributed by atoms with Crippen molar-refractivity contribution in [3.8, 4) is 10.7 Å².